The minimum Gasteiger partial charge on any atom is -0.462 e. The topological polar surface area (TPSA) is 155 Å². The number of allylic oxidation sites excluding steroid dienone is 8. The minimum atomic E-state index is -4.75. The summed E-state index contributed by atoms with van der Waals surface area (Å²) >= 11 is 0. The molecule has 0 saturated carbocycles. The molecule has 2 N–H and O–H groups in total. The molecule has 11 nitrogen and oxygen atoms in total. The van der Waals surface area contributed by atoms with Gasteiger partial charge >= 0.3 is 25.7 Å². The molecule has 0 aliphatic heterocycles. The van der Waals surface area contributed by atoms with Crippen molar-refractivity contribution < 1.29 is 52.2 Å². The quantitative estimate of drug-likeness (QED) is 0.0197. The first-order valence-corrected chi connectivity index (χ1v) is 31.0. The molecule has 0 rings (SSSR count). The van der Waals surface area contributed by atoms with Crippen molar-refractivity contribution in [2.75, 3.05) is 26.4 Å². The molecule has 0 bridgehead atoms. The van der Waals surface area contributed by atoms with Crippen molar-refractivity contribution in [3.8, 4) is 0 Å². The number of aliphatic hydroxyl groups excluding tert-OH is 1. The third-order valence-corrected chi connectivity index (χ3v) is 13.6. The van der Waals surface area contributed by atoms with E-state index in [2.05, 4.69) is 69.4 Å². The minimum absolute atomic E-state index is 0.161. The first-order chi connectivity index (χ1) is 35.2. The predicted molar refractivity (Wildman–Crippen MR) is 298 cm³/mol. The highest BCUT2D eigenvalue weighted by molar-refractivity contribution is 7.47. The highest BCUT2D eigenvalue weighted by Crippen LogP contribution is 2.43. The third-order valence-electron chi connectivity index (χ3n) is 12.7. The molecule has 420 valence electrons. The second kappa shape index (κ2) is 54.7. The summed E-state index contributed by atoms with van der Waals surface area (Å²) in [4.78, 5) is 48.5. The molecule has 3 atom stereocenters. The van der Waals surface area contributed by atoms with E-state index in [9.17, 15) is 28.9 Å². The molecular weight excluding hydrogens is 928 g/mol. The molecule has 12 heteroatoms. The van der Waals surface area contributed by atoms with Crippen LogP contribution in [0.1, 0.15) is 278 Å². The standard InChI is InChI=1S/C60H109O11P/c1-4-7-10-13-16-19-22-25-27-28-30-33-36-39-42-45-48-51-60(64)71-57(53-67-58(62)49-46-43-40-37-34-31-24-21-18-15-12-9-6-3)55-69-72(65,66)68-54-56(52-61)70-59(63)50-47-44-41-38-35-32-29-26-23-20-17-14-11-8-5-2/h17,20-21,24-27,29,56-57,61H,4-16,18-19,22-23,28,30-55H2,1-3H3,(H,65,66)/b20-17-,24-21-,27-25-,29-26-. The Bertz CT molecular complexity index is 1400. The van der Waals surface area contributed by atoms with E-state index < -0.39 is 57.8 Å². The molecule has 0 aromatic rings. The van der Waals surface area contributed by atoms with Crippen LogP contribution in [0.25, 0.3) is 0 Å². The highest BCUT2D eigenvalue weighted by atomic mass is 31.2. The fraction of sp³-hybridized carbons (Fsp3) is 0.817. The van der Waals surface area contributed by atoms with Crippen LogP contribution in [0.2, 0.25) is 0 Å². The summed E-state index contributed by atoms with van der Waals surface area (Å²) in [5.74, 6) is -1.48. The van der Waals surface area contributed by atoms with Gasteiger partial charge in [-0.2, -0.15) is 0 Å². The van der Waals surface area contributed by atoms with Crippen LogP contribution in [0, 0.1) is 0 Å². The van der Waals surface area contributed by atoms with E-state index in [1.807, 2.05) is 0 Å². The molecule has 0 aliphatic carbocycles. The fourth-order valence-corrected chi connectivity index (χ4v) is 8.92. The number of rotatable bonds is 55. The van der Waals surface area contributed by atoms with E-state index in [0.29, 0.717) is 19.3 Å². The van der Waals surface area contributed by atoms with Crippen LogP contribution in [0.4, 0.5) is 0 Å². The van der Waals surface area contributed by atoms with Gasteiger partial charge < -0.3 is 24.2 Å². The summed E-state index contributed by atoms with van der Waals surface area (Å²) < 4.78 is 39.5. The number of carbonyl (C=O) groups excluding carboxylic acids is 3. The van der Waals surface area contributed by atoms with Crippen molar-refractivity contribution in [2.45, 2.75) is 290 Å². The lowest BCUT2D eigenvalue weighted by Crippen LogP contribution is -2.30. The van der Waals surface area contributed by atoms with Crippen LogP contribution in [-0.2, 0) is 42.2 Å². The number of phosphoric acid groups is 1. The average molecular weight is 1040 g/mol. The number of aliphatic hydroxyl groups is 1. The van der Waals surface area contributed by atoms with Crippen LogP contribution in [0.15, 0.2) is 48.6 Å². The molecule has 0 fully saturated rings. The summed E-state index contributed by atoms with van der Waals surface area (Å²) in [5, 5.41) is 9.81. The summed E-state index contributed by atoms with van der Waals surface area (Å²) in [6.07, 6.45) is 57.7. The molecule has 0 heterocycles. The molecule has 0 aromatic carbocycles. The first-order valence-electron chi connectivity index (χ1n) is 29.5. The van der Waals surface area contributed by atoms with Crippen molar-refractivity contribution in [3.05, 3.63) is 48.6 Å². The second-order valence-electron chi connectivity index (χ2n) is 19.8. The Labute approximate surface area is 441 Å². The van der Waals surface area contributed by atoms with Gasteiger partial charge in [-0.1, -0.05) is 204 Å². The average Bonchev–Trinajstić information content (AvgIpc) is 3.37. The van der Waals surface area contributed by atoms with Crippen molar-refractivity contribution in [1.82, 2.24) is 0 Å². The Balaban J connectivity index is 4.72. The monoisotopic (exact) mass is 1040 g/mol. The molecule has 0 amide bonds. The fourth-order valence-electron chi connectivity index (χ4n) is 8.14. The van der Waals surface area contributed by atoms with Crippen LogP contribution < -0.4 is 0 Å². The second-order valence-corrected chi connectivity index (χ2v) is 21.3. The van der Waals surface area contributed by atoms with Gasteiger partial charge in [0.1, 0.15) is 12.7 Å². The van der Waals surface area contributed by atoms with Gasteiger partial charge in [0, 0.05) is 19.3 Å². The number of esters is 3. The Morgan fingerprint density at radius 1 is 0.389 bits per heavy atom. The van der Waals surface area contributed by atoms with Gasteiger partial charge in [0.2, 0.25) is 0 Å². The number of hydrogen-bond donors (Lipinski definition) is 2. The van der Waals surface area contributed by atoms with E-state index in [4.69, 9.17) is 23.3 Å². The smallest absolute Gasteiger partial charge is 0.462 e. The Hall–Kier alpha value is -2.56. The normalized spacial score (nSPS) is 13.7. The third kappa shape index (κ3) is 52.3. The predicted octanol–water partition coefficient (Wildman–Crippen LogP) is 17.4. The lowest BCUT2D eigenvalue weighted by atomic mass is 10.1. The molecule has 0 radical (unpaired) electrons. The zero-order chi connectivity index (χ0) is 52.7. The molecular formula is C60H109O11P. The van der Waals surface area contributed by atoms with Gasteiger partial charge in [0.05, 0.1) is 19.8 Å². The molecule has 0 spiro atoms. The highest BCUT2D eigenvalue weighted by Gasteiger charge is 2.28. The SMILES string of the molecule is CCCCC/C=C\C/C=C\CCCCCCCC(=O)OC(CO)COP(=O)(O)OCC(COC(=O)CCCCCCC/C=C\CCCCCC)OC(=O)CCCCCCCCC/C=C\CCCCCCCC. The maximum Gasteiger partial charge on any atom is 0.472 e. The van der Waals surface area contributed by atoms with Crippen molar-refractivity contribution in [3.63, 3.8) is 0 Å². The Morgan fingerprint density at radius 3 is 1.08 bits per heavy atom. The van der Waals surface area contributed by atoms with E-state index in [0.717, 1.165) is 109 Å². The van der Waals surface area contributed by atoms with Crippen LogP contribution in [-0.4, -0.2) is 66.5 Å². The number of hydrogen-bond acceptors (Lipinski definition) is 10. The first kappa shape index (κ1) is 69.4. The summed E-state index contributed by atoms with van der Waals surface area (Å²) in [6.45, 7) is 4.60. The van der Waals surface area contributed by atoms with Gasteiger partial charge in [-0.25, -0.2) is 4.57 Å². The molecule has 0 aromatic heterocycles. The maximum absolute atomic E-state index is 12.9. The molecule has 72 heavy (non-hydrogen) atoms. The number of phosphoric ester groups is 1. The van der Waals surface area contributed by atoms with Crippen molar-refractivity contribution in [2.24, 2.45) is 0 Å². The van der Waals surface area contributed by atoms with Gasteiger partial charge in [-0.05, 0) is 103 Å². The number of unbranched alkanes of at least 4 members (excludes halogenated alkanes) is 30. The van der Waals surface area contributed by atoms with Crippen LogP contribution in [0.5, 0.6) is 0 Å². The van der Waals surface area contributed by atoms with E-state index >= 15 is 0 Å². The van der Waals surface area contributed by atoms with Crippen molar-refractivity contribution >= 4 is 25.7 Å². The van der Waals surface area contributed by atoms with Gasteiger partial charge in [-0.3, -0.25) is 23.4 Å². The largest absolute Gasteiger partial charge is 0.472 e. The number of ether oxygens (including phenoxy) is 3. The molecule has 3 unspecified atom stereocenters. The summed E-state index contributed by atoms with van der Waals surface area (Å²) in [5.41, 5.74) is 0. The van der Waals surface area contributed by atoms with Gasteiger partial charge in [-0.15, -0.1) is 0 Å². The Kier molecular flexibility index (Phi) is 52.7. The Morgan fingerprint density at radius 2 is 0.681 bits per heavy atom. The van der Waals surface area contributed by atoms with Crippen molar-refractivity contribution in [1.29, 1.82) is 0 Å². The van der Waals surface area contributed by atoms with E-state index in [1.54, 1.807) is 0 Å². The zero-order valence-electron chi connectivity index (χ0n) is 46.4. The van der Waals surface area contributed by atoms with E-state index in [-0.39, 0.29) is 25.9 Å². The van der Waals surface area contributed by atoms with Crippen LogP contribution >= 0.6 is 7.82 Å². The van der Waals surface area contributed by atoms with Gasteiger partial charge in [0.25, 0.3) is 0 Å². The lowest BCUT2D eigenvalue weighted by Gasteiger charge is -2.21. The molecule has 0 saturated heterocycles. The summed E-state index contributed by atoms with van der Waals surface area (Å²) in [7, 11) is -4.75. The van der Waals surface area contributed by atoms with Crippen LogP contribution in [0.3, 0.4) is 0 Å². The number of carbonyl (C=O) groups is 3. The lowest BCUT2D eigenvalue weighted by molar-refractivity contribution is -0.161. The van der Waals surface area contributed by atoms with Gasteiger partial charge in [0.15, 0.2) is 6.10 Å². The summed E-state index contributed by atoms with van der Waals surface area (Å²) in [6, 6.07) is 0. The zero-order valence-corrected chi connectivity index (χ0v) is 47.3. The van der Waals surface area contributed by atoms with E-state index in [1.165, 1.54) is 109 Å². The molecule has 0 aliphatic rings. The maximum atomic E-state index is 12.9.